The molecule has 0 aliphatic heterocycles. The minimum absolute atomic E-state index is 0.166. The Labute approximate surface area is 113 Å². The predicted molar refractivity (Wildman–Crippen MR) is 80.3 cm³/mol. The fourth-order valence-electron chi connectivity index (χ4n) is 1.47. The molecule has 0 bridgehead atoms. The molecule has 0 heterocycles. The molecule has 0 radical (unpaired) electrons. The summed E-state index contributed by atoms with van der Waals surface area (Å²) in [7, 11) is 0. The molecule has 1 aromatic carbocycles. The molecule has 0 spiro atoms. The first-order valence-electron chi connectivity index (χ1n) is 5.96. The van der Waals surface area contributed by atoms with E-state index in [1.54, 1.807) is 0 Å². The zero-order valence-corrected chi connectivity index (χ0v) is 13.0. The van der Waals surface area contributed by atoms with Crippen molar-refractivity contribution in [3.8, 4) is 0 Å². The lowest BCUT2D eigenvalue weighted by Crippen LogP contribution is -2.36. The van der Waals surface area contributed by atoms with E-state index in [1.165, 1.54) is 16.7 Å². The molecule has 1 rings (SSSR count). The number of halogens is 1. The Bertz CT molecular complexity index is 413. The lowest BCUT2D eigenvalue weighted by molar-refractivity contribution is 0.445. The molecule has 2 heteroatoms. The molecule has 0 atom stereocenters. The fourth-order valence-corrected chi connectivity index (χ4v) is 2.08. The first-order valence-corrected chi connectivity index (χ1v) is 6.75. The summed E-state index contributed by atoms with van der Waals surface area (Å²) >= 11 is 3.60. The van der Waals surface area contributed by atoms with E-state index in [9.17, 15) is 0 Å². The number of benzene rings is 1. The van der Waals surface area contributed by atoms with Gasteiger partial charge in [-0.25, -0.2) is 0 Å². The number of aryl methyl sites for hydroxylation is 1. The van der Waals surface area contributed by atoms with Crippen LogP contribution < -0.4 is 5.32 Å². The Morgan fingerprint density at radius 2 is 2.00 bits per heavy atom. The van der Waals surface area contributed by atoms with Crippen molar-refractivity contribution in [2.24, 2.45) is 0 Å². The van der Waals surface area contributed by atoms with Gasteiger partial charge >= 0.3 is 0 Å². The molecule has 0 unspecified atom stereocenters. The van der Waals surface area contributed by atoms with Gasteiger partial charge < -0.3 is 5.32 Å². The lowest BCUT2D eigenvalue weighted by Gasteiger charge is -2.20. The second-order valence-electron chi connectivity index (χ2n) is 5.62. The molecule has 1 N–H and O–H groups in total. The SMILES string of the molecule is C/C(=C/c1ccc(C)cc1Br)CNC(C)(C)C. The molecular weight excluding hydrogens is 274 g/mol. The van der Waals surface area contributed by atoms with Crippen molar-refractivity contribution in [2.45, 2.75) is 40.2 Å². The van der Waals surface area contributed by atoms with E-state index in [1.807, 2.05) is 0 Å². The molecule has 0 amide bonds. The molecule has 0 saturated heterocycles. The topological polar surface area (TPSA) is 12.0 Å². The van der Waals surface area contributed by atoms with E-state index < -0.39 is 0 Å². The van der Waals surface area contributed by atoms with Crippen LogP contribution in [-0.4, -0.2) is 12.1 Å². The van der Waals surface area contributed by atoms with Crippen LogP contribution >= 0.6 is 15.9 Å². The second-order valence-corrected chi connectivity index (χ2v) is 6.47. The maximum atomic E-state index is 3.60. The summed E-state index contributed by atoms with van der Waals surface area (Å²) in [5, 5.41) is 3.49. The van der Waals surface area contributed by atoms with Crippen LogP contribution in [0.25, 0.3) is 6.08 Å². The van der Waals surface area contributed by atoms with Gasteiger partial charge in [0.05, 0.1) is 0 Å². The number of hydrogen-bond acceptors (Lipinski definition) is 1. The Hall–Kier alpha value is -0.600. The first-order chi connectivity index (χ1) is 7.78. The molecule has 0 fully saturated rings. The van der Waals surface area contributed by atoms with Crippen LogP contribution in [0.2, 0.25) is 0 Å². The van der Waals surface area contributed by atoms with Crippen molar-refractivity contribution in [3.63, 3.8) is 0 Å². The van der Waals surface area contributed by atoms with E-state index in [0.29, 0.717) is 0 Å². The third-order valence-electron chi connectivity index (χ3n) is 2.46. The van der Waals surface area contributed by atoms with Gasteiger partial charge in [0.25, 0.3) is 0 Å². The van der Waals surface area contributed by atoms with E-state index in [2.05, 4.69) is 80.1 Å². The Morgan fingerprint density at radius 3 is 2.53 bits per heavy atom. The highest BCUT2D eigenvalue weighted by molar-refractivity contribution is 9.10. The van der Waals surface area contributed by atoms with E-state index >= 15 is 0 Å². The van der Waals surface area contributed by atoms with Crippen molar-refractivity contribution in [1.82, 2.24) is 5.32 Å². The summed E-state index contributed by atoms with van der Waals surface area (Å²) in [6.07, 6.45) is 2.22. The van der Waals surface area contributed by atoms with Crippen LogP contribution in [0.3, 0.4) is 0 Å². The van der Waals surface area contributed by atoms with Gasteiger partial charge in [0, 0.05) is 16.6 Å². The van der Waals surface area contributed by atoms with E-state index in [-0.39, 0.29) is 5.54 Å². The highest BCUT2D eigenvalue weighted by Gasteiger charge is 2.08. The van der Waals surface area contributed by atoms with E-state index in [4.69, 9.17) is 0 Å². The minimum Gasteiger partial charge on any atom is -0.308 e. The fraction of sp³-hybridized carbons (Fsp3) is 0.467. The van der Waals surface area contributed by atoms with Gasteiger partial charge in [0.1, 0.15) is 0 Å². The summed E-state index contributed by atoms with van der Waals surface area (Å²) in [4.78, 5) is 0. The quantitative estimate of drug-likeness (QED) is 0.863. The van der Waals surface area contributed by atoms with Crippen LogP contribution in [0.1, 0.15) is 38.8 Å². The van der Waals surface area contributed by atoms with Crippen LogP contribution in [-0.2, 0) is 0 Å². The predicted octanol–water partition coefficient (Wildman–Crippen LogP) is 4.55. The van der Waals surface area contributed by atoms with E-state index in [0.717, 1.165) is 11.0 Å². The third-order valence-corrected chi connectivity index (χ3v) is 3.14. The average molecular weight is 296 g/mol. The summed E-state index contributed by atoms with van der Waals surface area (Å²) in [6, 6.07) is 6.44. The molecule has 1 nitrogen and oxygen atoms in total. The molecule has 0 saturated carbocycles. The van der Waals surface area contributed by atoms with Gasteiger partial charge in [0.15, 0.2) is 0 Å². The van der Waals surface area contributed by atoms with Crippen LogP contribution in [0.15, 0.2) is 28.2 Å². The van der Waals surface area contributed by atoms with Gasteiger partial charge in [0.2, 0.25) is 0 Å². The summed E-state index contributed by atoms with van der Waals surface area (Å²) in [5.41, 5.74) is 4.02. The largest absolute Gasteiger partial charge is 0.308 e. The van der Waals surface area contributed by atoms with Gasteiger partial charge in [-0.2, -0.15) is 0 Å². The van der Waals surface area contributed by atoms with Crippen molar-refractivity contribution in [1.29, 1.82) is 0 Å². The van der Waals surface area contributed by atoms with Gasteiger partial charge in [-0.05, 0) is 51.8 Å². The maximum Gasteiger partial charge on any atom is 0.0250 e. The van der Waals surface area contributed by atoms with Gasteiger partial charge in [-0.3, -0.25) is 0 Å². The molecule has 0 aromatic heterocycles. The summed E-state index contributed by atoms with van der Waals surface area (Å²) < 4.78 is 1.16. The maximum absolute atomic E-state index is 3.60. The average Bonchev–Trinajstić information content (AvgIpc) is 2.18. The minimum atomic E-state index is 0.166. The van der Waals surface area contributed by atoms with Crippen molar-refractivity contribution in [3.05, 3.63) is 39.4 Å². The molecule has 0 aliphatic rings. The number of rotatable bonds is 3. The Balaban J connectivity index is 2.74. The first kappa shape index (κ1) is 14.5. The monoisotopic (exact) mass is 295 g/mol. The van der Waals surface area contributed by atoms with Crippen molar-refractivity contribution >= 4 is 22.0 Å². The molecule has 17 heavy (non-hydrogen) atoms. The Morgan fingerprint density at radius 1 is 1.35 bits per heavy atom. The highest BCUT2D eigenvalue weighted by Crippen LogP contribution is 2.20. The zero-order chi connectivity index (χ0) is 13.1. The molecule has 1 aromatic rings. The Kier molecular flexibility index (Phi) is 4.96. The standard InChI is InChI=1S/C15H22BrN/c1-11-6-7-13(14(16)9-11)8-12(2)10-17-15(3,4)5/h6-9,17H,10H2,1-5H3/b12-8-. The zero-order valence-electron chi connectivity index (χ0n) is 11.4. The summed E-state index contributed by atoms with van der Waals surface area (Å²) in [6.45, 7) is 11.7. The van der Waals surface area contributed by atoms with Gasteiger partial charge in [-0.15, -0.1) is 0 Å². The van der Waals surface area contributed by atoms with Crippen LogP contribution in [0.4, 0.5) is 0 Å². The van der Waals surface area contributed by atoms with Gasteiger partial charge in [-0.1, -0.05) is 39.7 Å². The lowest BCUT2D eigenvalue weighted by atomic mass is 10.1. The normalized spacial score (nSPS) is 12.9. The van der Waals surface area contributed by atoms with Crippen LogP contribution in [0, 0.1) is 6.92 Å². The highest BCUT2D eigenvalue weighted by atomic mass is 79.9. The van der Waals surface area contributed by atoms with Crippen molar-refractivity contribution in [2.75, 3.05) is 6.54 Å². The number of nitrogens with one attached hydrogen (secondary N) is 1. The summed E-state index contributed by atoms with van der Waals surface area (Å²) in [5.74, 6) is 0. The number of hydrogen-bond donors (Lipinski definition) is 1. The smallest absolute Gasteiger partial charge is 0.0250 e. The molecule has 0 aliphatic carbocycles. The second kappa shape index (κ2) is 5.83. The van der Waals surface area contributed by atoms with Crippen LogP contribution in [0.5, 0.6) is 0 Å². The van der Waals surface area contributed by atoms with Crippen molar-refractivity contribution < 1.29 is 0 Å². The molecular formula is C15H22BrN. The third kappa shape index (κ3) is 5.51. The molecule has 94 valence electrons.